The highest BCUT2D eigenvalue weighted by Crippen LogP contribution is 2.34. The van der Waals surface area contributed by atoms with Crippen molar-refractivity contribution in [2.75, 3.05) is 25.0 Å². The van der Waals surface area contributed by atoms with Crippen LogP contribution in [0.15, 0.2) is 42.9 Å². The van der Waals surface area contributed by atoms with Crippen molar-refractivity contribution >= 4 is 5.69 Å². The third-order valence-corrected chi connectivity index (χ3v) is 6.45. The second-order valence-corrected chi connectivity index (χ2v) is 8.55. The van der Waals surface area contributed by atoms with Crippen molar-refractivity contribution in [2.24, 2.45) is 0 Å². The standard InChI is InChI=1S/C20H22N6O.C4H7F/c1-21-15-6-9-25(10-7-15)16-4-5-18(23-11-16)26-12-14-13-27-20-17(19(14)24-26)3-2-8-22-20;5-4-2-1-3-4/h2-5,8,11-12,15,21H,6-7,9-10,13H2,1H3;4H,1-3H2. The fourth-order valence-corrected chi connectivity index (χ4v) is 4.18. The average Bonchev–Trinajstić information content (AvgIpc) is 3.28. The average molecular weight is 437 g/mol. The van der Waals surface area contributed by atoms with E-state index in [1.54, 1.807) is 6.20 Å². The predicted molar refractivity (Wildman–Crippen MR) is 122 cm³/mol. The summed E-state index contributed by atoms with van der Waals surface area (Å²) in [5, 5.41) is 8.11. The maximum absolute atomic E-state index is 11.5. The number of piperidine rings is 1. The zero-order valence-corrected chi connectivity index (χ0v) is 18.4. The van der Waals surface area contributed by atoms with Gasteiger partial charge in [0.1, 0.15) is 18.5 Å². The number of halogens is 1. The fraction of sp³-hybridized carbons (Fsp3) is 0.458. The Kier molecular flexibility index (Phi) is 6.03. The molecule has 6 rings (SSSR count). The smallest absolute Gasteiger partial charge is 0.223 e. The highest BCUT2D eigenvalue weighted by atomic mass is 19.1. The number of pyridine rings is 2. The summed E-state index contributed by atoms with van der Waals surface area (Å²) in [4.78, 5) is 11.3. The second kappa shape index (κ2) is 9.24. The summed E-state index contributed by atoms with van der Waals surface area (Å²) in [6.45, 7) is 2.60. The summed E-state index contributed by atoms with van der Waals surface area (Å²) in [6.07, 6.45) is 10.3. The number of nitrogens with one attached hydrogen (secondary N) is 1. The van der Waals surface area contributed by atoms with Gasteiger partial charge in [0.05, 0.1) is 17.4 Å². The zero-order valence-electron chi connectivity index (χ0n) is 18.4. The second-order valence-electron chi connectivity index (χ2n) is 8.55. The van der Waals surface area contributed by atoms with E-state index >= 15 is 0 Å². The molecule has 0 radical (unpaired) electrons. The summed E-state index contributed by atoms with van der Waals surface area (Å²) >= 11 is 0. The van der Waals surface area contributed by atoms with Crippen LogP contribution >= 0.6 is 0 Å². The molecule has 0 unspecified atom stereocenters. The third-order valence-electron chi connectivity index (χ3n) is 6.45. The molecule has 0 atom stereocenters. The predicted octanol–water partition coefficient (Wildman–Crippen LogP) is 3.92. The van der Waals surface area contributed by atoms with Gasteiger partial charge in [-0.3, -0.25) is 0 Å². The molecule has 3 aromatic heterocycles. The zero-order chi connectivity index (χ0) is 21.9. The third kappa shape index (κ3) is 4.32. The number of alkyl halides is 1. The molecule has 1 N–H and O–H groups in total. The Balaban J connectivity index is 0.000000383. The van der Waals surface area contributed by atoms with E-state index < -0.39 is 6.17 Å². The Morgan fingerprint density at radius 2 is 1.91 bits per heavy atom. The van der Waals surface area contributed by atoms with Crippen LogP contribution in [0.3, 0.4) is 0 Å². The monoisotopic (exact) mass is 436 g/mol. The van der Waals surface area contributed by atoms with E-state index in [1.165, 1.54) is 5.69 Å². The topological polar surface area (TPSA) is 68.1 Å². The van der Waals surface area contributed by atoms with Crippen molar-refractivity contribution in [3.63, 3.8) is 0 Å². The normalized spacial score (nSPS) is 18.0. The van der Waals surface area contributed by atoms with Gasteiger partial charge in [-0.25, -0.2) is 19.0 Å². The number of anilines is 1. The lowest BCUT2D eigenvalue weighted by atomic mass is 9.98. The van der Waals surface area contributed by atoms with Gasteiger partial charge in [-0.1, -0.05) is 0 Å². The van der Waals surface area contributed by atoms with E-state index in [9.17, 15) is 4.39 Å². The SMILES string of the molecule is CNC1CCN(c2ccc(-n3cc4c(n3)-c3cccnc3OC4)nc2)CC1.FC1CCC1. The van der Waals surface area contributed by atoms with Gasteiger partial charge in [-0.05, 0) is 63.4 Å². The number of hydrogen-bond donors (Lipinski definition) is 1. The van der Waals surface area contributed by atoms with Gasteiger partial charge >= 0.3 is 0 Å². The first kappa shape index (κ1) is 20.9. The number of hydrogen-bond acceptors (Lipinski definition) is 6. The molecule has 0 aromatic carbocycles. The van der Waals surface area contributed by atoms with Gasteiger partial charge in [-0.2, -0.15) is 5.10 Å². The quantitative estimate of drug-likeness (QED) is 0.671. The Morgan fingerprint density at radius 1 is 1.09 bits per heavy atom. The minimum Gasteiger partial charge on any atom is -0.472 e. The first-order valence-corrected chi connectivity index (χ1v) is 11.4. The molecule has 1 saturated carbocycles. The molecule has 7 nitrogen and oxygen atoms in total. The summed E-state index contributed by atoms with van der Waals surface area (Å²) in [5.41, 5.74) is 4.07. The summed E-state index contributed by atoms with van der Waals surface area (Å²) in [6, 6.07) is 8.68. The number of fused-ring (bicyclic) bond motifs is 3. The van der Waals surface area contributed by atoms with Crippen molar-refractivity contribution < 1.29 is 9.13 Å². The minimum atomic E-state index is -0.435. The van der Waals surface area contributed by atoms with E-state index in [-0.39, 0.29) is 0 Å². The van der Waals surface area contributed by atoms with Gasteiger partial charge in [0.25, 0.3) is 0 Å². The molecule has 2 aliphatic heterocycles. The molecule has 2 fully saturated rings. The van der Waals surface area contributed by atoms with E-state index in [2.05, 4.69) is 26.3 Å². The van der Waals surface area contributed by atoms with Crippen LogP contribution in [0.4, 0.5) is 10.1 Å². The van der Waals surface area contributed by atoms with Crippen molar-refractivity contribution in [2.45, 2.75) is 50.9 Å². The molecule has 0 amide bonds. The molecule has 168 valence electrons. The van der Waals surface area contributed by atoms with Crippen molar-refractivity contribution in [1.82, 2.24) is 25.1 Å². The largest absolute Gasteiger partial charge is 0.472 e. The van der Waals surface area contributed by atoms with Crippen molar-refractivity contribution in [3.8, 4) is 23.0 Å². The molecule has 0 spiro atoms. The molecule has 1 aliphatic carbocycles. The maximum atomic E-state index is 11.5. The van der Waals surface area contributed by atoms with Crippen LogP contribution in [0.5, 0.6) is 5.88 Å². The molecule has 8 heteroatoms. The fourth-order valence-electron chi connectivity index (χ4n) is 4.18. The summed E-state index contributed by atoms with van der Waals surface area (Å²) in [7, 11) is 2.04. The van der Waals surface area contributed by atoms with Gasteiger partial charge in [0.15, 0.2) is 5.82 Å². The maximum Gasteiger partial charge on any atom is 0.223 e. The minimum absolute atomic E-state index is 0.435. The summed E-state index contributed by atoms with van der Waals surface area (Å²) in [5.74, 6) is 1.45. The van der Waals surface area contributed by atoms with Gasteiger partial charge in [0, 0.05) is 37.1 Å². The van der Waals surface area contributed by atoms with Gasteiger partial charge < -0.3 is 15.0 Å². The lowest BCUT2D eigenvalue weighted by Gasteiger charge is -2.33. The first-order chi connectivity index (χ1) is 15.7. The number of aromatic nitrogens is 4. The highest BCUT2D eigenvalue weighted by molar-refractivity contribution is 5.69. The Labute approximate surface area is 187 Å². The van der Waals surface area contributed by atoms with Crippen LogP contribution in [-0.4, -0.2) is 52.1 Å². The molecular formula is C24H29FN6O. The molecule has 32 heavy (non-hydrogen) atoms. The lowest BCUT2D eigenvalue weighted by molar-refractivity contribution is 0.211. The van der Waals surface area contributed by atoms with Crippen LogP contribution < -0.4 is 15.0 Å². The van der Waals surface area contributed by atoms with Crippen molar-refractivity contribution in [3.05, 3.63) is 48.4 Å². The van der Waals surface area contributed by atoms with Crippen LogP contribution in [0, 0.1) is 0 Å². The lowest BCUT2D eigenvalue weighted by Crippen LogP contribution is -2.41. The number of ether oxygens (including phenoxy) is 1. The first-order valence-electron chi connectivity index (χ1n) is 11.4. The van der Waals surface area contributed by atoms with Crippen LogP contribution in [0.2, 0.25) is 0 Å². The van der Waals surface area contributed by atoms with Gasteiger partial charge in [0.2, 0.25) is 5.88 Å². The molecule has 3 aromatic rings. The number of nitrogens with zero attached hydrogens (tertiary/aromatic N) is 5. The Bertz CT molecular complexity index is 1040. The van der Waals surface area contributed by atoms with E-state index in [1.807, 2.05) is 42.3 Å². The molecular weight excluding hydrogens is 407 g/mol. The van der Waals surface area contributed by atoms with E-state index in [4.69, 9.17) is 9.84 Å². The molecule has 0 bridgehead atoms. The van der Waals surface area contributed by atoms with E-state index in [0.717, 1.165) is 67.8 Å². The molecule has 5 heterocycles. The number of rotatable bonds is 3. The van der Waals surface area contributed by atoms with Gasteiger partial charge in [-0.15, -0.1) is 0 Å². The Hall–Kier alpha value is -3.00. The molecule has 3 aliphatic rings. The highest BCUT2D eigenvalue weighted by Gasteiger charge is 2.23. The van der Waals surface area contributed by atoms with Crippen LogP contribution in [0.1, 0.15) is 37.7 Å². The molecule has 1 saturated heterocycles. The summed E-state index contributed by atoms with van der Waals surface area (Å²) < 4.78 is 19.1. The van der Waals surface area contributed by atoms with Crippen LogP contribution in [-0.2, 0) is 6.61 Å². The Morgan fingerprint density at radius 3 is 2.56 bits per heavy atom. The van der Waals surface area contributed by atoms with Crippen molar-refractivity contribution in [1.29, 1.82) is 0 Å². The van der Waals surface area contributed by atoms with E-state index in [0.29, 0.717) is 18.5 Å². The van der Waals surface area contributed by atoms with Crippen LogP contribution in [0.25, 0.3) is 17.1 Å².